The molecule has 0 aliphatic carbocycles. The van der Waals surface area contributed by atoms with Crippen molar-refractivity contribution in [1.29, 1.82) is 0 Å². The van der Waals surface area contributed by atoms with Crippen LogP contribution in [0.3, 0.4) is 0 Å². The second-order valence-corrected chi connectivity index (χ2v) is 6.11. The van der Waals surface area contributed by atoms with E-state index in [0.717, 1.165) is 24.6 Å². The van der Waals surface area contributed by atoms with Crippen molar-refractivity contribution in [2.75, 3.05) is 20.1 Å². The molecule has 0 saturated heterocycles. The molecule has 0 atom stereocenters. The average molecular weight is 422 g/mol. The molecular weight excluding hydrogens is 394 g/mol. The summed E-state index contributed by atoms with van der Waals surface area (Å²) in [6.45, 7) is 10.4. The maximum atomic E-state index is 13.2. The second kappa shape index (κ2) is 9.99. The zero-order valence-electron chi connectivity index (χ0n) is 14.1. The van der Waals surface area contributed by atoms with Gasteiger partial charge in [0.05, 0.1) is 0 Å². The molecule has 4 nitrogen and oxygen atoms in total. The van der Waals surface area contributed by atoms with Gasteiger partial charge in [-0.05, 0) is 44.9 Å². The van der Waals surface area contributed by atoms with Crippen molar-refractivity contribution >= 4 is 29.9 Å². The maximum Gasteiger partial charge on any atom is 0.191 e. The molecule has 0 spiro atoms. The summed E-state index contributed by atoms with van der Waals surface area (Å²) >= 11 is 0. The van der Waals surface area contributed by atoms with E-state index in [0.29, 0.717) is 12.1 Å². The fraction of sp³-hybridized carbons (Fsp3) is 0.562. The zero-order chi connectivity index (χ0) is 15.9. The predicted molar refractivity (Wildman–Crippen MR) is 103 cm³/mol. The van der Waals surface area contributed by atoms with Crippen LogP contribution >= 0.6 is 24.0 Å². The molecule has 0 radical (unpaired) electrons. The van der Waals surface area contributed by atoms with E-state index in [1.54, 1.807) is 20.0 Å². The first-order valence-electron chi connectivity index (χ1n) is 7.26. The van der Waals surface area contributed by atoms with Crippen LogP contribution in [0.25, 0.3) is 0 Å². The standard InChI is InChI=1S/C16H27FN4.HI/c1-12-10-13(6-7-14(12)17)11-20-15(18-5)19-8-9-21-16(2,3)4;/h6-7,10,21H,8-9,11H2,1-5H3,(H2,18,19,20);1H. The van der Waals surface area contributed by atoms with Crippen LogP contribution in [-0.2, 0) is 6.54 Å². The second-order valence-electron chi connectivity index (χ2n) is 6.11. The van der Waals surface area contributed by atoms with Gasteiger partial charge in [-0.15, -0.1) is 24.0 Å². The molecule has 0 fully saturated rings. The minimum atomic E-state index is -0.172. The molecule has 1 aromatic carbocycles. The van der Waals surface area contributed by atoms with Gasteiger partial charge in [0.1, 0.15) is 5.82 Å². The van der Waals surface area contributed by atoms with Crippen LogP contribution < -0.4 is 16.0 Å². The molecule has 0 heterocycles. The number of benzene rings is 1. The number of halogens is 2. The highest BCUT2D eigenvalue weighted by atomic mass is 127. The van der Waals surface area contributed by atoms with Crippen LogP contribution in [0.2, 0.25) is 0 Å². The lowest BCUT2D eigenvalue weighted by Crippen LogP contribution is -2.44. The van der Waals surface area contributed by atoms with E-state index in [2.05, 4.69) is 41.7 Å². The molecule has 126 valence electrons. The van der Waals surface area contributed by atoms with Crippen molar-refractivity contribution in [1.82, 2.24) is 16.0 Å². The Morgan fingerprint density at radius 3 is 2.41 bits per heavy atom. The van der Waals surface area contributed by atoms with E-state index >= 15 is 0 Å². The lowest BCUT2D eigenvalue weighted by molar-refractivity contribution is 0.428. The molecule has 0 bridgehead atoms. The van der Waals surface area contributed by atoms with Gasteiger partial charge in [0.2, 0.25) is 0 Å². The summed E-state index contributed by atoms with van der Waals surface area (Å²) in [5.41, 5.74) is 1.81. The summed E-state index contributed by atoms with van der Waals surface area (Å²) in [7, 11) is 1.74. The number of nitrogens with zero attached hydrogens (tertiary/aromatic N) is 1. The lowest BCUT2D eigenvalue weighted by atomic mass is 10.1. The van der Waals surface area contributed by atoms with Crippen LogP contribution in [0.1, 0.15) is 31.9 Å². The zero-order valence-corrected chi connectivity index (χ0v) is 16.4. The van der Waals surface area contributed by atoms with E-state index in [-0.39, 0.29) is 35.3 Å². The summed E-state index contributed by atoms with van der Waals surface area (Å²) in [5.74, 6) is 0.571. The molecule has 1 rings (SSSR count). The van der Waals surface area contributed by atoms with Crippen molar-refractivity contribution in [2.24, 2.45) is 4.99 Å². The Morgan fingerprint density at radius 2 is 1.86 bits per heavy atom. The van der Waals surface area contributed by atoms with E-state index < -0.39 is 0 Å². The smallest absolute Gasteiger partial charge is 0.191 e. The summed E-state index contributed by atoms with van der Waals surface area (Å²) in [5, 5.41) is 9.86. The Hall–Kier alpha value is -0.890. The number of rotatable bonds is 5. The van der Waals surface area contributed by atoms with Crippen LogP contribution in [0.5, 0.6) is 0 Å². The SMILES string of the molecule is CN=C(NCCNC(C)(C)C)NCc1ccc(F)c(C)c1.I. The number of guanidine groups is 1. The number of aryl methyl sites for hydroxylation is 1. The molecule has 1 aromatic rings. The van der Waals surface area contributed by atoms with Gasteiger partial charge in [-0.1, -0.05) is 12.1 Å². The van der Waals surface area contributed by atoms with Gasteiger partial charge >= 0.3 is 0 Å². The first-order chi connectivity index (χ1) is 9.81. The summed E-state index contributed by atoms with van der Waals surface area (Å²) in [6.07, 6.45) is 0. The van der Waals surface area contributed by atoms with Crippen molar-refractivity contribution < 1.29 is 4.39 Å². The normalized spacial score (nSPS) is 11.8. The predicted octanol–water partition coefficient (Wildman–Crippen LogP) is 2.81. The molecule has 22 heavy (non-hydrogen) atoms. The van der Waals surface area contributed by atoms with Crippen LogP contribution in [-0.4, -0.2) is 31.6 Å². The largest absolute Gasteiger partial charge is 0.355 e. The van der Waals surface area contributed by atoms with Gasteiger partial charge in [-0.2, -0.15) is 0 Å². The van der Waals surface area contributed by atoms with Crippen LogP contribution in [0.4, 0.5) is 4.39 Å². The highest BCUT2D eigenvalue weighted by Crippen LogP contribution is 2.08. The topological polar surface area (TPSA) is 48.5 Å². The van der Waals surface area contributed by atoms with E-state index in [1.165, 1.54) is 6.07 Å². The monoisotopic (exact) mass is 422 g/mol. The quantitative estimate of drug-likeness (QED) is 0.296. The van der Waals surface area contributed by atoms with Gasteiger partial charge in [-0.25, -0.2) is 4.39 Å². The van der Waals surface area contributed by atoms with Crippen molar-refractivity contribution in [2.45, 2.75) is 39.8 Å². The first-order valence-corrected chi connectivity index (χ1v) is 7.26. The Morgan fingerprint density at radius 1 is 1.18 bits per heavy atom. The highest BCUT2D eigenvalue weighted by molar-refractivity contribution is 14.0. The van der Waals surface area contributed by atoms with Gasteiger partial charge in [-0.3, -0.25) is 4.99 Å². The Balaban J connectivity index is 0.00000441. The van der Waals surface area contributed by atoms with Gasteiger partial charge in [0, 0.05) is 32.2 Å². The van der Waals surface area contributed by atoms with Crippen molar-refractivity contribution in [3.05, 3.63) is 35.1 Å². The Labute approximate surface area is 150 Å². The molecule has 0 aliphatic rings. The fourth-order valence-electron chi connectivity index (χ4n) is 1.84. The van der Waals surface area contributed by atoms with Crippen molar-refractivity contribution in [3.63, 3.8) is 0 Å². The minimum absolute atomic E-state index is 0. The minimum Gasteiger partial charge on any atom is -0.355 e. The van der Waals surface area contributed by atoms with Crippen molar-refractivity contribution in [3.8, 4) is 0 Å². The maximum absolute atomic E-state index is 13.2. The molecule has 0 unspecified atom stereocenters. The molecule has 0 amide bonds. The van der Waals surface area contributed by atoms with Gasteiger partial charge in [0.15, 0.2) is 5.96 Å². The molecule has 0 saturated carbocycles. The summed E-state index contributed by atoms with van der Waals surface area (Å²) in [4.78, 5) is 4.17. The number of hydrogen-bond acceptors (Lipinski definition) is 2. The lowest BCUT2D eigenvalue weighted by Gasteiger charge is -2.21. The van der Waals surface area contributed by atoms with E-state index in [4.69, 9.17) is 0 Å². The summed E-state index contributed by atoms with van der Waals surface area (Å²) < 4.78 is 13.2. The third kappa shape index (κ3) is 8.53. The van der Waals surface area contributed by atoms with E-state index in [9.17, 15) is 4.39 Å². The van der Waals surface area contributed by atoms with E-state index in [1.807, 2.05) is 6.07 Å². The molecule has 6 heteroatoms. The Kier molecular flexibility index (Phi) is 9.59. The third-order valence-corrected chi connectivity index (χ3v) is 2.98. The number of aliphatic imine (C=N–C) groups is 1. The summed E-state index contributed by atoms with van der Waals surface area (Å²) in [6, 6.07) is 5.12. The number of nitrogens with one attached hydrogen (secondary N) is 3. The van der Waals surface area contributed by atoms with Gasteiger partial charge < -0.3 is 16.0 Å². The molecule has 0 aliphatic heterocycles. The highest BCUT2D eigenvalue weighted by Gasteiger charge is 2.07. The molecule has 3 N–H and O–H groups in total. The fourth-order valence-corrected chi connectivity index (χ4v) is 1.84. The molecular formula is C16H28FIN4. The molecule has 0 aromatic heterocycles. The first kappa shape index (κ1) is 21.1. The number of hydrogen-bond donors (Lipinski definition) is 3. The average Bonchev–Trinajstić information content (AvgIpc) is 2.40. The third-order valence-electron chi connectivity index (χ3n) is 2.98. The van der Waals surface area contributed by atoms with Crippen LogP contribution in [0, 0.1) is 12.7 Å². The Bertz CT molecular complexity index is 484. The van der Waals surface area contributed by atoms with Crippen LogP contribution in [0.15, 0.2) is 23.2 Å². The van der Waals surface area contributed by atoms with Gasteiger partial charge in [0.25, 0.3) is 0 Å².